The van der Waals surface area contributed by atoms with Gasteiger partial charge < -0.3 is 14.8 Å². The molecule has 6 nitrogen and oxygen atoms in total. The summed E-state index contributed by atoms with van der Waals surface area (Å²) in [4.78, 5) is 19.8. The largest absolute Gasteiger partial charge is 0.490 e. The fourth-order valence-electron chi connectivity index (χ4n) is 2.38. The number of esters is 1. The number of nitrogens with one attached hydrogen (secondary N) is 1. The summed E-state index contributed by atoms with van der Waals surface area (Å²) in [7, 11) is 0. The highest BCUT2D eigenvalue weighted by atomic mass is 35.5. The maximum atomic E-state index is 13.3. The van der Waals surface area contributed by atoms with E-state index in [4.69, 9.17) is 21.1 Å². The van der Waals surface area contributed by atoms with Crippen molar-refractivity contribution in [1.29, 1.82) is 0 Å². The Hall–Kier alpha value is -2.93. The van der Waals surface area contributed by atoms with E-state index in [0.717, 1.165) is 0 Å². The second kappa shape index (κ2) is 7.53. The molecule has 8 heteroatoms. The van der Waals surface area contributed by atoms with E-state index in [2.05, 4.69) is 15.3 Å². The van der Waals surface area contributed by atoms with Crippen LogP contribution in [0, 0.1) is 5.82 Å². The molecule has 0 bridgehead atoms. The number of rotatable bonds is 5. The fourth-order valence-corrected chi connectivity index (χ4v) is 2.56. The Morgan fingerprint density at radius 2 is 2.04 bits per heavy atom. The normalized spacial score (nSPS) is 10.6. The highest BCUT2D eigenvalue weighted by molar-refractivity contribution is 6.31. The molecular formula is C18H15ClFN3O3. The van der Waals surface area contributed by atoms with Crippen molar-refractivity contribution < 1.29 is 18.7 Å². The molecular weight excluding hydrogens is 361 g/mol. The summed E-state index contributed by atoms with van der Waals surface area (Å²) in [5, 5.41) is 3.66. The average Bonchev–Trinajstić information content (AvgIpc) is 2.59. The van der Waals surface area contributed by atoms with E-state index in [-0.39, 0.29) is 10.8 Å². The minimum absolute atomic E-state index is 0.00686. The summed E-state index contributed by atoms with van der Waals surface area (Å²) in [5.41, 5.74) is 1.15. The van der Waals surface area contributed by atoms with Gasteiger partial charge in [0.25, 0.3) is 0 Å². The van der Waals surface area contributed by atoms with Crippen LogP contribution in [0.15, 0.2) is 36.7 Å². The van der Waals surface area contributed by atoms with E-state index >= 15 is 0 Å². The van der Waals surface area contributed by atoms with Crippen LogP contribution in [-0.4, -0.2) is 22.5 Å². The zero-order valence-corrected chi connectivity index (χ0v) is 14.8. The molecule has 0 saturated carbocycles. The molecule has 1 N–H and O–H groups in total. The predicted octanol–water partition coefficient (Wildman–Crippen LogP) is 4.49. The Bertz CT molecular complexity index is 981. The molecule has 0 amide bonds. The molecule has 0 fully saturated rings. The van der Waals surface area contributed by atoms with Crippen molar-refractivity contribution in [2.45, 2.75) is 13.8 Å². The maximum Gasteiger partial charge on any atom is 0.308 e. The van der Waals surface area contributed by atoms with Gasteiger partial charge in [-0.2, -0.15) is 0 Å². The van der Waals surface area contributed by atoms with Crippen LogP contribution in [0.4, 0.5) is 15.9 Å². The monoisotopic (exact) mass is 375 g/mol. The van der Waals surface area contributed by atoms with Gasteiger partial charge in [-0.05, 0) is 31.2 Å². The zero-order valence-electron chi connectivity index (χ0n) is 14.0. The first kappa shape index (κ1) is 17.9. The molecule has 1 heterocycles. The van der Waals surface area contributed by atoms with Crippen LogP contribution >= 0.6 is 11.6 Å². The van der Waals surface area contributed by atoms with Crippen molar-refractivity contribution in [2.24, 2.45) is 0 Å². The van der Waals surface area contributed by atoms with Crippen molar-refractivity contribution in [2.75, 3.05) is 11.9 Å². The van der Waals surface area contributed by atoms with Crippen molar-refractivity contribution >= 4 is 40.0 Å². The maximum absolute atomic E-state index is 13.3. The highest BCUT2D eigenvalue weighted by Crippen LogP contribution is 2.35. The van der Waals surface area contributed by atoms with Crippen molar-refractivity contribution in [3.05, 3.63) is 47.5 Å². The third-order valence-electron chi connectivity index (χ3n) is 3.44. The summed E-state index contributed by atoms with van der Waals surface area (Å²) >= 11 is 5.81. The lowest BCUT2D eigenvalue weighted by Gasteiger charge is -2.13. The quantitative estimate of drug-likeness (QED) is 0.523. The van der Waals surface area contributed by atoms with Crippen molar-refractivity contribution in [3.8, 4) is 11.5 Å². The number of halogens is 2. The minimum Gasteiger partial charge on any atom is -0.490 e. The van der Waals surface area contributed by atoms with Crippen LogP contribution in [-0.2, 0) is 4.79 Å². The molecule has 1 aromatic heterocycles. The number of hydrogen-bond donors (Lipinski definition) is 1. The summed E-state index contributed by atoms with van der Waals surface area (Å²) in [5.74, 6) is 0.144. The summed E-state index contributed by atoms with van der Waals surface area (Å²) in [6.07, 6.45) is 1.39. The molecule has 0 aliphatic carbocycles. The molecule has 0 atom stereocenters. The Morgan fingerprint density at radius 1 is 1.23 bits per heavy atom. The molecule has 0 saturated heterocycles. The first-order valence-corrected chi connectivity index (χ1v) is 8.17. The number of carbonyl (C=O) groups is 1. The standard InChI is InChI=1S/C18H15ClFN3O3/c1-3-25-16-8-15-12(7-17(16)26-10(2)24)18(22-9-21-15)23-11-4-5-14(20)13(19)6-11/h4-9H,3H2,1-2H3,(H,21,22,23). The number of aromatic nitrogens is 2. The van der Waals surface area contributed by atoms with Gasteiger partial charge in [0, 0.05) is 24.1 Å². The summed E-state index contributed by atoms with van der Waals surface area (Å²) in [6, 6.07) is 7.53. The van der Waals surface area contributed by atoms with E-state index in [1.54, 1.807) is 12.1 Å². The van der Waals surface area contributed by atoms with Crippen LogP contribution in [0.25, 0.3) is 10.9 Å². The highest BCUT2D eigenvalue weighted by Gasteiger charge is 2.14. The van der Waals surface area contributed by atoms with Gasteiger partial charge in [-0.15, -0.1) is 0 Å². The first-order chi connectivity index (χ1) is 12.5. The number of anilines is 2. The topological polar surface area (TPSA) is 73.3 Å². The lowest BCUT2D eigenvalue weighted by molar-refractivity contribution is -0.132. The van der Waals surface area contributed by atoms with Gasteiger partial charge in [0.15, 0.2) is 11.5 Å². The van der Waals surface area contributed by atoms with E-state index in [1.807, 2.05) is 6.92 Å². The van der Waals surface area contributed by atoms with Crippen LogP contribution in [0.5, 0.6) is 11.5 Å². The number of hydrogen-bond acceptors (Lipinski definition) is 6. The third kappa shape index (κ3) is 3.83. The van der Waals surface area contributed by atoms with Gasteiger partial charge in [0.05, 0.1) is 17.1 Å². The van der Waals surface area contributed by atoms with Crippen LogP contribution in [0.1, 0.15) is 13.8 Å². The second-order valence-electron chi connectivity index (χ2n) is 5.32. The van der Waals surface area contributed by atoms with Crippen LogP contribution < -0.4 is 14.8 Å². The number of nitrogens with zero attached hydrogens (tertiary/aromatic N) is 2. The average molecular weight is 376 g/mol. The SMILES string of the molecule is CCOc1cc2ncnc(Nc3ccc(F)c(Cl)c3)c2cc1OC(C)=O. The fraction of sp³-hybridized carbons (Fsp3) is 0.167. The number of benzene rings is 2. The molecule has 26 heavy (non-hydrogen) atoms. The Balaban J connectivity index is 2.07. The van der Waals surface area contributed by atoms with Gasteiger partial charge in [-0.1, -0.05) is 11.6 Å². The molecule has 0 aliphatic rings. The number of ether oxygens (including phenoxy) is 2. The van der Waals surface area contributed by atoms with E-state index in [1.165, 1.54) is 31.5 Å². The van der Waals surface area contributed by atoms with E-state index in [9.17, 15) is 9.18 Å². The molecule has 134 valence electrons. The van der Waals surface area contributed by atoms with Gasteiger partial charge >= 0.3 is 5.97 Å². The number of fused-ring (bicyclic) bond motifs is 1. The Kier molecular flexibility index (Phi) is 5.18. The minimum atomic E-state index is -0.511. The first-order valence-electron chi connectivity index (χ1n) is 7.80. The third-order valence-corrected chi connectivity index (χ3v) is 3.73. The molecule has 2 aromatic carbocycles. The zero-order chi connectivity index (χ0) is 18.7. The Morgan fingerprint density at radius 3 is 2.73 bits per heavy atom. The molecule has 3 aromatic rings. The molecule has 0 aliphatic heterocycles. The smallest absolute Gasteiger partial charge is 0.308 e. The molecule has 0 unspecified atom stereocenters. The van der Waals surface area contributed by atoms with Crippen molar-refractivity contribution in [1.82, 2.24) is 9.97 Å². The predicted molar refractivity (Wildman–Crippen MR) is 96.7 cm³/mol. The molecule has 0 radical (unpaired) electrons. The number of carbonyl (C=O) groups excluding carboxylic acids is 1. The lowest BCUT2D eigenvalue weighted by atomic mass is 10.2. The van der Waals surface area contributed by atoms with Crippen LogP contribution in [0.2, 0.25) is 5.02 Å². The summed E-state index contributed by atoms with van der Waals surface area (Å²) in [6.45, 7) is 3.54. The lowest BCUT2D eigenvalue weighted by Crippen LogP contribution is -2.05. The molecule has 3 rings (SSSR count). The van der Waals surface area contributed by atoms with Gasteiger partial charge in [-0.3, -0.25) is 4.79 Å². The van der Waals surface area contributed by atoms with Gasteiger partial charge in [-0.25, -0.2) is 14.4 Å². The van der Waals surface area contributed by atoms with Crippen molar-refractivity contribution in [3.63, 3.8) is 0 Å². The second-order valence-corrected chi connectivity index (χ2v) is 5.73. The Labute approximate surface area is 153 Å². The van der Waals surface area contributed by atoms with E-state index in [0.29, 0.717) is 34.8 Å². The van der Waals surface area contributed by atoms with Gasteiger partial charge in [0.1, 0.15) is 18.0 Å². The van der Waals surface area contributed by atoms with Gasteiger partial charge in [0.2, 0.25) is 0 Å². The molecule has 0 spiro atoms. The summed E-state index contributed by atoms with van der Waals surface area (Å²) < 4.78 is 24.1. The van der Waals surface area contributed by atoms with E-state index < -0.39 is 11.8 Å². The van der Waals surface area contributed by atoms with Crippen LogP contribution in [0.3, 0.4) is 0 Å².